The number of halogens is 1. The first-order valence-corrected chi connectivity index (χ1v) is 7.74. The number of amides is 1. The first-order valence-electron chi connectivity index (χ1n) is 7.36. The van der Waals surface area contributed by atoms with Crippen LogP contribution in [0.5, 0.6) is 0 Å². The van der Waals surface area contributed by atoms with Crippen LogP contribution in [0.25, 0.3) is 0 Å². The van der Waals surface area contributed by atoms with Crippen LogP contribution in [0, 0.1) is 16.0 Å². The average molecular weight is 326 g/mol. The summed E-state index contributed by atoms with van der Waals surface area (Å²) in [6, 6.07) is 4.24. The molecule has 0 radical (unpaired) electrons. The van der Waals surface area contributed by atoms with Crippen molar-refractivity contribution >= 4 is 23.2 Å². The SMILES string of the molecule is CNCC1CCN(C(=O)Cc2ccc([N+](=O)[O-])cc2Cl)CC1. The second-order valence-electron chi connectivity index (χ2n) is 5.59. The molecule has 1 fully saturated rings. The minimum atomic E-state index is -0.496. The summed E-state index contributed by atoms with van der Waals surface area (Å²) < 4.78 is 0. The number of nitrogens with one attached hydrogen (secondary N) is 1. The van der Waals surface area contributed by atoms with Crippen molar-refractivity contribution in [2.75, 3.05) is 26.7 Å². The first-order chi connectivity index (χ1) is 10.5. The van der Waals surface area contributed by atoms with Crippen molar-refractivity contribution in [2.45, 2.75) is 19.3 Å². The predicted octanol–water partition coefficient (Wildman–Crippen LogP) is 2.25. The van der Waals surface area contributed by atoms with Crippen molar-refractivity contribution in [3.05, 3.63) is 38.9 Å². The molecule has 1 saturated heterocycles. The smallest absolute Gasteiger partial charge is 0.270 e. The van der Waals surface area contributed by atoms with Crippen LogP contribution in [0.3, 0.4) is 0 Å². The third-order valence-corrected chi connectivity index (χ3v) is 4.40. The Labute approximate surface area is 134 Å². The van der Waals surface area contributed by atoms with Crippen molar-refractivity contribution in [2.24, 2.45) is 5.92 Å². The number of non-ortho nitro benzene ring substituents is 1. The highest BCUT2D eigenvalue weighted by Gasteiger charge is 2.23. The van der Waals surface area contributed by atoms with Crippen LogP contribution in [0.4, 0.5) is 5.69 Å². The molecule has 0 aliphatic carbocycles. The molecule has 0 unspecified atom stereocenters. The Bertz CT molecular complexity index is 557. The third-order valence-electron chi connectivity index (χ3n) is 4.05. The van der Waals surface area contributed by atoms with Crippen LogP contribution in [0.15, 0.2) is 18.2 Å². The monoisotopic (exact) mass is 325 g/mol. The van der Waals surface area contributed by atoms with E-state index in [2.05, 4.69) is 5.32 Å². The van der Waals surface area contributed by atoms with E-state index in [1.165, 1.54) is 12.1 Å². The molecule has 0 atom stereocenters. The van der Waals surface area contributed by atoms with E-state index in [9.17, 15) is 14.9 Å². The zero-order valence-corrected chi connectivity index (χ0v) is 13.3. The van der Waals surface area contributed by atoms with E-state index in [0.717, 1.165) is 32.5 Å². The number of nitro groups is 1. The molecule has 7 heteroatoms. The standard InChI is InChI=1S/C15H20ClN3O3/c1-17-10-11-4-6-18(7-5-11)15(20)8-12-2-3-13(19(21)22)9-14(12)16/h2-3,9,11,17H,4-8,10H2,1H3. The summed E-state index contributed by atoms with van der Waals surface area (Å²) in [4.78, 5) is 24.4. The van der Waals surface area contributed by atoms with E-state index in [0.29, 0.717) is 11.5 Å². The lowest BCUT2D eigenvalue weighted by molar-refractivity contribution is -0.384. The normalized spacial score (nSPS) is 15.8. The van der Waals surface area contributed by atoms with Crippen LogP contribution in [0.2, 0.25) is 5.02 Å². The van der Waals surface area contributed by atoms with Gasteiger partial charge in [-0.3, -0.25) is 14.9 Å². The second-order valence-corrected chi connectivity index (χ2v) is 6.00. The molecule has 0 spiro atoms. The maximum Gasteiger partial charge on any atom is 0.270 e. The fraction of sp³-hybridized carbons (Fsp3) is 0.533. The fourth-order valence-corrected chi connectivity index (χ4v) is 2.98. The second kappa shape index (κ2) is 7.56. The minimum Gasteiger partial charge on any atom is -0.342 e. The minimum absolute atomic E-state index is 0.0265. The summed E-state index contributed by atoms with van der Waals surface area (Å²) in [7, 11) is 1.94. The highest BCUT2D eigenvalue weighted by Crippen LogP contribution is 2.24. The molecule has 22 heavy (non-hydrogen) atoms. The Morgan fingerprint density at radius 2 is 2.14 bits per heavy atom. The molecule has 0 saturated carbocycles. The Hall–Kier alpha value is -1.66. The topological polar surface area (TPSA) is 75.5 Å². The van der Waals surface area contributed by atoms with Gasteiger partial charge in [-0.1, -0.05) is 17.7 Å². The van der Waals surface area contributed by atoms with Gasteiger partial charge in [-0.2, -0.15) is 0 Å². The van der Waals surface area contributed by atoms with E-state index in [1.807, 2.05) is 11.9 Å². The van der Waals surface area contributed by atoms with Gasteiger partial charge in [-0.15, -0.1) is 0 Å². The zero-order valence-electron chi connectivity index (χ0n) is 12.5. The molecule has 2 rings (SSSR count). The molecule has 1 aromatic carbocycles. The summed E-state index contributed by atoms with van der Waals surface area (Å²) in [6.07, 6.45) is 2.19. The molecule has 6 nitrogen and oxygen atoms in total. The molecule has 1 aromatic rings. The summed E-state index contributed by atoms with van der Waals surface area (Å²) in [5, 5.41) is 14.1. The summed E-state index contributed by atoms with van der Waals surface area (Å²) in [6.45, 7) is 2.50. The van der Waals surface area contributed by atoms with Crippen molar-refractivity contribution in [3.63, 3.8) is 0 Å². The maximum absolute atomic E-state index is 12.3. The molecular formula is C15H20ClN3O3. The number of rotatable bonds is 5. The van der Waals surface area contributed by atoms with Gasteiger partial charge < -0.3 is 10.2 Å². The van der Waals surface area contributed by atoms with E-state index >= 15 is 0 Å². The number of nitro benzene ring substituents is 1. The van der Waals surface area contributed by atoms with Gasteiger partial charge in [0.05, 0.1) is 16.4 Å². The predicted molar refractivity (Wildman–Crippen MR) is 85.0 cm³/mol. The molecule has 1 amide bonds. The van der Waals surface area contributed by atoms with Crippen LogP contribution in [-0.4, -0.2) is 42.4 Å². The van der Waals surface area contributed by atoms with Crippen molar-refractivity contribution in [1.82, 2.24) is 10.2 Å². The molecule has 1 aliphatic heterocycles. The Morgan fingerprint density at radius 1 is 1.45 bits per heavy atom. The molecule has 1 aliphatic rings. The first kappa shape index (κ1) is 16.7. The number of benzene rings is 1. The number of nitrogens with zero attached hydrogens (tertiary/aromatic N) is 2. The molecule has 0 aromatic heterocycles. The number of piperidine rings is 1. The van der Waals surface area contributed by atoms with Crippen LogP contribution in [0.1, 0.15) is 18.4 Å². The number of carbonyl (C=O) groups excluding carboxylic acids is 1. The van der Waals surface area contributed by atoms with E-state index in [-0.39, 0.29) is 23.0 Å². The van der Waals surface area contributed by atoms with Gasteiger partial charge in [-0.25, -0.2) is 0 Å². The Kier molecular flexibility index (Phi) is 5.74. The van der Waals surface area contributed by atoms with Gasteiger partial charge in [0.15, 0.2) is 0 Å². The lowest BCUT2D eigenvalue weighted by Crippen LogP contribution is -2.41. The Morgan fingerprint density at radius 3 is 2.68 bits per heavy atom. The molecule has 1 heterocycles. The van der Waals surface area contributed by atoms with Crippen molar-refractivity contribution < 1.29 is 9.72 Å². The maximum atomic E-state index is 12.3. The highest BCUT2D eigenvalue weighted by molar-refractivity contribution is 6.31. The van der Waals surface area contributed by atoms with E-state index in [4.69, 9.17) is 11.6 Å². The summed E-state index contributed by atoms with van der Waals surface area (Å²) in [5.74, 6) is 0.649. The average Bonchev–Trinajstić information content (AvgIpc) is 2.50. The van der Waals surface area contributed by atoms with Gasteiger partial charge in [-0.05, 0) is 37.9 Å². The van der Waals surface area contributed by atoms with Crippen molar-refractivity contribution in [3.8, 4) is 0 Å². The molecular weight excluding hydrogens is 306 g/mol. The molecule has 1 N–H and O–H groups in total. The number of hydrogen-bond acceptors (Lipinski definition) is 4. The highest BCUT2D eigenvalue weighted by atomic mass is 35.5. The van der Waals surface area contributed by atoms with E-state index in [1.54, 1.807) is 6.07 Å². The number of carbonyl (C=O) groups is 1. The van der Waals surface area contributed by atoms with Crippen LogP contribution < -0.4 is 5.32 Å². The van der Waals surface area contributed by atoms with Gasteiger partial charge in [0.25, 0.3) is 5.69 Å². The lowest BCUT2D eigenvalue weighted by atomic mass is 9.96. The summed E-state index contributed by atoms with van der Waals surface area (Å²) in [5.41, 5.74) is 0.573. The molecule has 120 valence electrons. The van der Waals surface area contributed by atoms with Crippen LogP contribution >= 0.6 is 11.6 Å². The largest absolute Gasteiger partial charge is 0.342 e. The molecule has 0 bridgehead atoms. The third kappa shape index (κ3) is 4.18. The number of hydrogen-bond donors (Lipinski definition) is 1. The van der Waals surface area contributed by atoms with E-state index < -0.39 is 4.92 Å². The lowest BCUT2D eigenvalue weighted by Gasteiger charge is -2.32. The van der Waals surface area contributed by atoms with Gasteiger partial charge in [0.2, 0.25) is 5.91 Å². The van der Waals surface area contributed by atoms with Gasteiger partial charge >= 0.3 is 0 Å². The Balaban J connectivity index is 1.94. The summed E-state index contributed by atoms with van der Waals surface area (Å²) >= 11 is 6.04. The quantitative estimate of drug-likeness (QED) is 0.665. The van der Waals surface area contributed by atoms with Crippen molar-refractivity contribution in [1.29, 1.82) is 0 Å². The number of likely N-dealkylation sites (tertiary alicyclic amines) is 1. The van der Waals surface area contributed by atoms with Crippen LogP contribution in [-0.2, 0) is 11.2 Å². The van der Waals surface area contributed by atoms with Gasteiger partial charge in [0.1, 0.15) is 0 Å². The van der Waals surface area contributed by atoms with Gasteiger partial charge in [0, 0.05) is 25.2 Å². The zero-order chi connectivity index (χ0) is 16.1. The fourth-order valence-electron chi connectivity index (χ4n) is 2.74.